The van der Waals surface area contributed by atoms with E-state index in [2.05, 4.69) is 0 Å². The molecule has 110 valence electrons. The summed E-state index contributed by atoms with van der Waals surface area (Å²) in [7, 11) is 0.310. The second-order valence-electron chi connectivity index (χ2n) is 4.66. The zero-order valence-corrected chi connectivity index (χ0v) is 12.8. The average molecular weight is 317 g/mol. The van der Waals surface area contributed by atoms with Gasteiger partial charge < -0.3 is 9.47 Å². The monoisotopic (exact) mass is 316 g/mol. The summed E-state index contributed by atoms with van der Waals surface area (Å²) in [6.07, 6.45) is 1.96. The molecule has 20 heavy (non-hydrogen) atoms. The molecule has 0 bridgehead atoms. The molecule has 2 rings (SSSR count). The van der Waals surface area contributed by atoms with Crippen LogP contribution in [0.3, 0.4) is 0 Å². The average Bonchev–Trinajstić information content (AvgIpc) is 2.91. The Bertz CT molecular complexity index is 512. The van der Waals surface area contributed by atoms with Crippen molar-refractivity contribution in [3.63, 3.8) is 0 Å². The van der Waals surface area contributed by atoms with Crippen LogP contribution in [0.25, 0.3) is 0 Å². The van der Waals surface area contributed by atoms with E-state index >= 15 is 0 Å². The van der Waals surface area contributed by atoms with E-state index in [1.807, 2.05) is 0 Å². The van der Waals surface area contributed by atoms with Crippen molar-refractivity contribution >= 4 is 28.2 Å². The lowest BCUT2D eigenvalue weighted by Crippen LogP contribution is -2.21. The maximum Gasteiger partial charge on any atom is 0.175 e. The number of carbonyl (C=O) groups excluding carboxylic acids is 1. The van der Waals surface area contributed by atoms with E-state index in [1.54, 1.807) is 18.2 Å². The van der Waals surface area contributed by atoms with E-state index in [-0.39, 0.29) is 17.6 Å². The van der Waals surface area contributed by atoms with Crippen LogP contribution >= 0.6 is 11.6 Å². The van der Waals surface area contributed by atoms with Gasteiger partial charge in [0.2, 0.25) is 0 Å². The predicted molar refractivity (Wildman–Crippen MR) is 79.2 cm³/mol. The van der Waals surface area contributed by atoms with Gasteiger partial charge in [-0.2, -0.15) is 0 Å². The van der Waals surface area contributed by atoms with Gasteiger partial charge in [-0.25, -0.2) is 0 Å². The second kappa shape index (κ2) is 7.20. The van der Waals surface area contributed by atoms with Crippen molar-refractivity contribution in [3.8, 4) is 5.75 Å². The Kier molecular flexibility index (Phi) is 5.57. The van der Waals surface area contributed by atoms with Crippen LogP contribution in [-0.4, -0.2) is 41.3 Å². The number of Topliss-reactive ketones (excluding diaryl/α,β-unsaturated/α-hetero) is 1. The molecule has 0 radical (unpaired) electrons. The van der Waals surface area contributed by atoms with E-state index in [4.69, 9.17) is 21.1 Å². The number of benzene rings is 1. The van der Waals surface area contributed by atoms with Crippen molar-refractivity contribution in [2.75, 3.05) is 25.2 Å². The molecule has 0 N–H and O–H groups in total. The fourth-order valence-electron chi connectivity index (χ4n) is 2.11. The summed E-state index contributed by atoms with van der Waals surface area (Å²) in [6.45, 7) is 0.726. The highest BCUT2D eigenvalue weighted by molar-refractivity contribution is 7.85. The molecule has 1 heterocycles. The largest absolute Gasteiger partial charge is 0.495 e. The first-order valence-corrected chi connectivity index (χ1v) is 8.30. The van der Waals surface area contributed by atoms with Gasteiger partial charge in [0.05, 0.1) is 29.7 Å². The molecule has 1 fully saturated rings. The smallest absolute Gasteiger partial charge is 0.175 e. The van der Waals surface area contributed by atoms with Crippen molar-refractivity contribution in [2.45, 2.75) is 18.9 Å². The van der Waals surface area contributed by atoms with Crippen molar-refractivity contribution in [1.29, 1.82) is 0 Å². The Morgan fingerprint density at radius 2 is 2.35 bits per heavy atom. The van der Waals surface area contributed by atoms with E-state index in [0.29, 0.717) is 22.1 Å². The summed E-state index contributed by atoms with van der Waals surface area (Å²) < 4.78 is 22.4. The number of ether oxygens (including phenoxy) is 2. The molecule has 2 unspecified atom stereocenters. The van der Waals surface area contributed by atoms with Gasteiger partial charge in [-0.15, -0.1) is 0 Å². The summed E-state index contributed by atoms with van der Waals surface area (Å²) in [5.74, 6) is 0.771. The molecular weight excluding hydrogens is 300 g/mol. The zero-order chi connectivity index (χ0) is 14.5. The van der Waals surface area contributed by atoms with Crippen molar-refractivity contribution in [2.24, 2.45) is 0 Å². The topological polar surface area (TPSA) is 52.6 Å². The lowest BCUT2D eigenvalue weighted by Gasteiger charge is -2.09. The Labute approximate surface area is 125 Å². The molecule has 1 aromatic carbocycles. The summed E-state index contributed by atoms with van der Waals surface area (Å²) in [4.78, 5) is 12.0. The number of halogens is 1. The number of carbonyl (C=O) groups is 1. The van der Waals surface area contributed by atoms with Crippen molar-refractivity contribution in [1.82, 2.24) is 0 Å². The Hall–Kier alpha value is -0.910. The third-order valence-corrected chi connectivity index (χ3v) is 4.78. The number of hydrogen-bond donors (Lipinski definition) is 0. The minimum absolute atomic E-state index is 0.00250. The molecule has 1 aliphatic rings. The number of rotatable bonds is 6. The van der Waals surface area contributed by atoms with Gasteiger partial charge in [-0.3, -0.25) is 9.00 Å². The fourth-order valence-corrected chi connectivity index (χ4v) is 3.62. The normalized spacial score (nSPS) is 19.8. The lowest BCUT2D eigenvalue weighted by molar-refractivity contribution is 0.102. The number of hydrogen-bond acceptors (Lipinski definition) is 4. The Morgan fingerprint density at radius 1 is 1.55 bits per heavy atom. The molecular formula is C14H17ClO4S. The highest BCUT2D eigenvalue weighted by Gasteiger charge is 2.20. The summed E-state index contributed by atoms with van der Waals surface area (Å²) in [6, 6.07) is 4.82. The van der Waals surface area contributed by atoms with Crippen molar-refractivity contribution in [3.05, 3.63) is 28.8 Å². The SMILES string of the molecule is COc1ccc(C(=O)CS(=O)CC2CCCO2)cc1Cl. The van der Waals surface area contributed by atoms with E-state index in [1.165, 1.54) is 7.11 Å². The molecule has 0 spiro atoms. The van der Waals surface area contributed by atoms with Gasteiger partial charge in [-0.1, -0.05) is 11.6 Å². The third kappa shape index (κ3) is 4.04. The lowest BCUT2D eigenvalue weighted by atomic mass is 10.1. The predicted octanol–water partition coefficient (Wildman–Crippen LogP) is 2.46. The number of ketones is 1. The van der Waals surface area contributed by atoms with E-state index in [9.17, 15) is 9.00 Å². The molecule has 4 nitrogen and oxygen atoms in total. The third-order valence-electron chi connectivity index (χ3n) is 3.16. The summed E-state index contributed by atoms with van der Waals surface area (Å²) in [5, 5.41) is 0.378. The number of methoxy groups -OCH3 is 1. The first-order chi connectivity index (χ1) is 9.60. The standard InChI is InChI=1S/C14H17ClO4S/c1-18-14-5-4-10(7-12(14)15)13(16)9-20(17)8-11-3-2-6-19-11/h4-5,7,11H,2-3,6,8-9H2,1H3. The van der Waals surface area contributed by atoms with Gasteiger partial charge in [0, 0.05) is 23.0 Å². The first-order valence-electron chi connectivity index (χ1n) is 6.43. The van der Waals surface area contributed by atoms with Gasteiger partial charge in [0.15, 0.2) is 5.78 Å². The van der Waals surface area contributed by atoms with Crippen LogP contribution in [0.4, 0.5) is 0 Å². The van der Waals surface area contributed by atoms with Crippen LogP contribution in [0.2, 0.25) is 5.02 Å². The fraction of sp³-hybridized carbons (Fsp3) is 0.500. The van der Waals surface area contributed by atoms with Crippen LogP contribution in [0.1, 0.15) is 23.2 Å². The molecule has 1 saturated heterocycles. The maximum absolute atomic E-state index is 12.0. The highest BCUT2D eigenvalue weighted by atomic mass is 35.5. The van der Waals surface area contributed by atoms with Gasteiger partial charge in [-0.05, 0) is 31.0 Å². The Morgan fingerprint density at radius 3 is 2.95 bits per heavy atom. The molecule has 0 amide bonds. The molecule has 1 aliphatic heterocycles. The first kappa shape index (κ1) is 15.5. The quantitative estimate of drug-likeness (QED) is 0.757. The second-order valence-corrected chi connectivity index (χ2v) is 6.57. The van der Waals surface area contributed by atoms with Gasteiger partial charge >= 0.3 is 0 Å². The molecule has 0 saturated carbocycles. The zero-order valence-electron chi connectivity index (χ0n) is 11.3. The van der Waals surface area contributed by atoms with E-state index in [0.717, 1.165) is 19.4 Å². The van der Waals surface area contributed by atoms with Gasteiger partial charge in [0.25, 0.3) is 0 Å². The molecule has 0 aromatic heterocycles. The van der Waals surface area contributed by atoms with Crippen LogP contribution in [-0.2, 0) is 15.5 Å². The Balaban J connectivity index is 1.93. The van der Waals surface area contributed by atoms with Crippen LogP contribution in [0, 0.1) is 0 Å². The minimum atomic E-state index is -1.20. The summed E-state index contributed by atoms with van der Waals surface area (Å²) in [5.41, 5.74) is 0.455. The van der Waals surface area contributed by atoms with E-state index < -0.39 is 10.8 Å². The summed E-state index contributed by atoms with van der Waals surface area (Å²) >= 11 is 5.97. The highest BCUT2D eigenvalue weighted by Crippen LogP contribution is 2.25. The molecule has 1 aromatic rings. The molecule has 0 aliphatic carbocycles. The molecule has 6 heteroatoms. The molecule has 2 atom stereocenters. The van der Waals surface area contributed by atoms with Crippen molar-refractivity contribution < 1.29 is 18.5 Å². The maximum atomic E-state index is 12.0. The van der Waals surface area contributed by atoms with Crippen LogP contribution in [0.5, 0.6) is 5.75 Å². The van der Waals surface area contributed by atoms with Crippen LogP contribution < -0.4 is 4.74 Å². The minimum Gasteiger partial charge on any atom is -0.495 e. The van der Waals surface area contributed by atoms with Crippen LogP contribution in [0.15, 0.2) is 18.2 Å². The van der Waals surface area contributed by atoms with Gasteiger partial charge in [0.1, 0.15) is 5.75 Å².